The molecule has 0 amide bonds. The van der Waals surface area contributed by atoms with Gasteiger partial charge >= 0.3 is 5.97 Å². The predicted octanol–water partition coefficient (Wildman–Crippen LogP) is 1.53. The molecular formula is C12H13NO3. The van der Waals surface area contributed by atoms with Crippen molar-refractivity contribution in [2.24, 2.45) is 0 Å². The van der Waals surface area contributed by atoms with Gasteiger partial charge < -0.3 is 14.7 Å². The molecule has 1 aromatic rings. The Labute approximate surface area is 93.8 Å². The molecule has 0 aliphatic carbocycles. The van der Waals surface area contributed by atoms with E-state index in [1.165, 1.54) is 0 Å². The first-order valence-electron chi connectivity index (χ1n) is 5.10. The van der Waals surface area contributed by atoms with Gasteiger partial charge in [-0.15, -0.1) is 0 Å². The molecule has 0 saturated carbocycles. The standard InChI is InChI=1S/C12H13NO3/c14-12(15)9-16-11-5-3-4-10(8-11)13-6-1-2-7-13/h1-5,8H,6-7,9H2,(H,14,15). The summed E-state index contributed by atoms with van der Waals surface area (Å²) in [6, 6.07) is 7.47. The number of aliphatic carboxylic acids is 1. The average molecular weight is 219 g/mol. The summed E-state index contributed by atoms with van der Waals surface area (Å²) in [6.07, 6.45) is 4.20. The van der Waals surface area contributed by atoms with Gasteiger partial charge in [0.05, 0.1) is 0 Å². The number of ether oxygens (including phenoxy) is 1. The van der Waals surface area contributed by atoms with Crippen LogP contribution in [0.1, 0.15) is 0 Å². The number of nitrogens with zero attached hydrogens (tertiary/aromatic N) is 1. The molecular weight excluding hydrogens is 206 g/mol. The van der Waals surface area contributed by atoms with E-state index in [4.69, 9.17) is 9.84 Å². The smallest absolute Gasteiger partial charge is 0.341 e. The minimum absolute atomic E-state index is 0.304. The summed E-state index contributed by atoms with van der Waals surface area (Å²) < 4.78 is 5.12. The molecule has 1 N–H and O–H groups in total. The number of hydrogen-bond donors (Lipinski definition) is 1. The minimum atomic E-state index is -0.965. The Hall–Kier alpha value is -1.97. The quantitative estimate of drug-likeness (QED) is 0.780. The Balaban J connectivity index is 2.04. The number of hydrogen-bond acceptors (Lipinski definition) is 3. The number of benzene rings is 1. The zero-order chi connectivity index (χ0) is 11.4. The normalized spacial score (nSPS) is 14.1. The third-order valence-electron chi connectivity index (χ3n) is 2.36. The lowest BCUT2D eigenvalue weighted by molar-refractivity contribution is -0.139. The average Bonchev–Trinajstić information content (AvgIpc) is 2.80. The van der Waals surface area contributed by atoms with Crippen molar-refractivity contribution in [3.8, 4) is 5.75 Å². The topological polar surface area (TPSA) is 49.8 Å². The van der Waals surface area contributed by atoms with Gasteiger partial charge in [0.15, 0.2) is 6.61 Å². The number of rotatable bonds is 4. The van der Waals surface area contributed by atoms with Crippen molar-refractivity contribution in [1.82, 2.24) is 0 Å². The van der Waals surface area contributed by atoms with E-state index in [2.05, 4.69) is 17.1 Å². The molecule has 0 fully saturated rings. The third kappa shape index (κ3) is 2.53. The van der Waals surface area contributed by atoms with E-state index in [1.54, 1.807) is 6.07 Å². The van der Waals surface area contributed by atoms with Gasteiger partial charge in [0.2, 0.25) is 0 Å². The van der Waals surface area contributed by atoms with Crippen molar-refractivity contribution < 1.29 is 14.6 Å². The number of carbonyl (C=O) groups is 1. The molecule has 0 radical (unpaired) electrons. The summed E-state index contributed by atoms with van der Waals surface area (Å²) in [5, 5.41) is 8.51. The number of anilines is 1. The van der Waals surface area contributed by atoms with Crippen LogP contribution in [0.5, 0.6) is 5.75 Å². The van der Waals surface area contributed by atoms with E-state index in [1.807, 2.05) is 18.2 Å². The lowest BCUT2D eigenvalue weighted by Crippen LogP contribution is -2.18. The monoisotopic (exact) mass is 219 g/mol. The van der Waals surface area contributed by atoms with Crippen LogP contribution in [0, 0.1) is 0 Å². The second-order valence-electron chi connectivity index (χ2n) is 3.56. The van der Waals surface area contributed by atoms with E-state index >= 15 is 0 Å². The highest BCUT2D eigenvalue weighted by Gasteiger charge is 2.08. The highest BCUT2D eigenvalue weighted by atomic mass is 16.5. The van der Waals surface area contributed by atoms with Crippen LogP contribution in [0.3, 0.4) is 0 Å². The highest BCUT2D eigenvalue weighted by Crippen LogP contribution is 2.22. The summed E-state index contributed by atoms with van der Waals surface area (Å²) in [5.74, 6) is -0.375. The molecule has 1 aliphatic heterocycles. The molecule has 0 saturated heterocycles. The first-order chi connectivity index (χ1) is 7.75. The molecule has 84 valence electrons. The van der Waals surface area contributed by atoms with E-state index in [-0.39, 0.29) is 6.61 Å². The minimum Gasteiger partial charge on any atom is -0.482 e. The molecule has 16 heavy (non-hydrogen) atoms. The zero-order valence-corrected chi connectivity index (χ0v) is 8.80. The van der Waals surface area contributed by atoms with Gasteiger partial charge in [0, 0.05) is 24.8 Å². The van der Waals surface area contributed by atoms with Crippen molar-refractivity contribution in [3.63, 3.8) is 0 Å². The third-order valence-corrected chi connectivity index (χ3v) is 2.36. The molecule has 0 aromatic heterocycles. The Kier molecular flexibility index (Phi) is 3.10. The van der Waals surface area contributed by atoms with Gasteiger partial charge in [-0.25, -0.2) is 4.79 Å². The fourth-order valence-electron chi connectivity index (χ4n) is 1.60. The largest absolute Gasteiger partial charge is 0.482 e. The van der Waals surface area contributed by atoms with Gasteiger partial charge in [-0.2, -0.15) is 0 Å². The summed E-state index contributed by atoms with van der Waals surface area (Å²) in [6.45, 7) is 1.48. The maximum absolute atomic E-state index is 10.4. The first-order valence-corrected chi connectivity index (χ1v) is 5.10. The second-order valence-corrected chi connectivity index (χ2v) is 3.56. The van der Waals surface area contributed by atoms with Crippen molar-refractivity contribution in [3.05, 3.63) is 36.4 Å². The Morgan fingerprint density at radius 1 is 1.38 bits per heavy atom. The Morgan fingerprint density at radius 2 is 2.12 bits per heavy atom. The predicted molar refractivity (Wildman–Crippen MR) is 60.9 cm³/mol. The van der Waals surface area contributed by atoms with Crippen molar-refractivity contribution in [2.75, 3.05) is 24.6 Å². The van der Waals surface area contributed by atoms with Crippen LogP contribution in [0.25, 0.3) is 0 Å². The molecule has 2 rings (SSSR count). The summed E-state index contributed by atoms with van der Waals surface area (Å²) in [4.78, 5) is 12.5. The summed E-state index contributed by atoms with van der Waals surface area (Å²) in [5.41, 5.74) is 1.05. The van der Waals surface area contributed by atoms with E-state index in [0.717, 1.165) is 18.8 Å². The number of carboxylic acid groups (broad SMARTS) is 1. The maximum atomic E-state index is 10.4. The van der Waals surface area contributed by atoms with Crippen molar-refractivity contribution >= 4 is 11.7 Å². The van der Waals surface area contributed by atoms with Crippen LogP contribution in [-0.2, 0) is 4.79 Å². The molecule has 1 heterocycles. The van der Waals surface area contributed by atoms with Crippen molar-refractivity contribution in [1.29, 1.82) is 0 Å². The molecule has 1 aliphatic rings. The molecule has 0 bridgehead atoms. The number of carboxylic acids is 1. The van der Waals surface area contributed by atoms with Gasteiger partial charge in [-0.3, -0.25) is 0 Å². The fourth-order valence-corrected chi connectivity index (χ4v) is 1.60. The van der Waals surface area contributed by atoms with Crippen LogP contribution in [0.15, 0.2) is 36.4 Å². The molecule has 1 aromatic carbocycles. The van der Waals surface area contributed by atoms with Crippen molar-refractivity contribution in [2.45, 2.75) is 0 Å². The maximum Gasteiger partial charge on any atom is 0.341 e. The van der Waals surface area contributed by atoms with Crippen LogP contribution in [0.2, 0.25) is 0 Å². The fraction of sp³-hybridized carbons (Fsp3) is 0.250. The molecule has 0 unspecified atom stereocenters. The Morgan fingerprint density at radius 3 is 2.81 bits per heavy atom. The van der Waals surface area contributed by atoms with E-state index in [0.29, 0.717) is 5.75 Å². The van der Waals surface area contributed by atoms with E-state index < -0.39 is 5.97 Å². The van der Waals surface area contributed by atoms with Crippen LogP contribution in [-0.4, -0.2) is 30.8 Å². The van der Waals surface area contributed by atoms with Gasteiger partial charge in [-0.05, 0) is 12.1 Å². The van der Waals surface area contributed by atoms with Gasteiger partial charge in [-0.1, -0.05) is 18.2 Å². The first kappa shape index (κ1) is 10.5. The van der Waals surface area contributed by atoms with Crippen LogP contribution < -0.4 is 9.64 Å². The lowest BCUT2D eigenvalue weighted by atomic mass is 10.3. The second kappa shape index (κ2) is 4.70. The molecule has 4 heteroatoms. The summed E-state index contributed by atoms with van der Waals surface area (Å²) in [7, 11) is 0. The lowest BCUT2D eigenvalue weighted by Gasteiger charge is -2.18. The SMILES string of the molecule is O=C(O)COc1cccc(N2CC=CC2)c1. The van der Waals surface area contributed by atoms with Crippen LogP contribution >= 0.6 is 0 Å². The molecule has 0 spiro atoms. The van der Waals surface area contributed by atoms with Gasteiger partial charge in [0.25, 0.3) is 0 Å². The van der Waals surface area contributed by atoms with Crippen LogP contribution in [0.4, 0.5) is 5.69 Å². The molecule has 0 atom stereocenters. The highest BCUT2D eigenvalue weighted by molar-refractivity contribution is 5.68. The zero-order valence-electron chi connectivity index (χ0n) is 8.80. The van der Waals surface area contributed by atoms with E-state index in [9.17, 15) is 4.79 Å². The summed E-state index contributed by atoms with van der Waals surface area (Å²) >= 11 is 0. The van der Waals surface area contributed by atoms with Gasteiger partial charge in [0.1, 0.15) is 5.75 Å². The molecule has 4 nitrogen and oxygen atoms in total. The Bertz CT molecular complexity index is 406.